The Labute approximate surface area is 140 Å². The Hall–Kier alpha value is -2.25. The van der Waals surface area contributed by atoms with Crippen LogP contribution in [0.15, 0.2) is 30.3 Å². The number of carbonyl (C=O) groups is 1. The lowest BCUT2D eigenvalue weighted by Crippen LogP contribution is -2.43. The van der Waals surface area contributed by atoms with E-state index >= 15 is 0 Å². The number of hydrogen-bond donors (Lipinski definition) is 0. The Kier molecular flexibility index (Phi) is 5.22. The first kappa shape index (κ1) is 16.6. The van der Waals surface area contributed by atoms with Crippen LogP contribution in [-0.2, 0) is 14.3 Å². The number of nitrogens with zero attached hydrogens (tertiary/aromatic N) is 2. The molecule has 0 saturated carbocycles. The van der Waals surface area contributed by atoms with Crippen molar-refractivity contribution in [1.29, 1.82) is 0 Å². The van der Waals surface area contributed by atoms with Gasteiger partial charge in [-0.05, 0) is 25.0 Å². The standard InChI is InChI=1S/C17H20N2O5/c20-16(8-7-13-4-1-2-6-15(13)19(21)22)18-9-3-5-14(12-18)17-23-10-11-24-17/h1-2,4,6-8,14,17H,3,5,9-12H2/b8-7-/t14-/m1/s1. The number of carbonyl (C=O) groups excluding carboxylic acids is 1. The molecule has 0 radical (unpaired) electrons. The molecule has 0 aliphatic carbocycles. The van der Waals surface area contributed by atoms with Crippen LogP contribution in [0.2, 0.25) is 0 Å². The SMILES string of the molecule is O=C(/C=C\c1ccccc1[N+](=O)[O-])N1CCC[C@@H](C2OCCO2)C1. The maximum atomic E-state index is 12.4. The van der Waals surface area contributed by atoms with Gasteiger partial charge in [0.25, 0.3) is 5.69 Å². The van der Waals surface area contributed by atoms with Gasteiger partial charge in [0.05, 0.1) is 23.7 Å². The van der Waals surface area contributed by atoms with Crippen molar-refractivity contribution in [3.8, 4) is 0 Å². The second-order valence-electron chi connectivity index (χ2n) is 5.95. The van der Waals surface area contributed by atoms with Crippen LogP contribution in [0, 0.1) is 16.0 Å². The minimum atomic E-state index is -0.449. The van der Waals surface area contributed by atoms with Gasteiger partial charge in [-0.25, -0.2) is 0 Å². The fourth-order valence-corrected chi connectivity index (χ4v) is 3.14. The second-order valence-corrected chi connectivity index (χ2v) is 5.95. The zero-order valence-corrected chi connectivity index (χ0v) is 13.3. The minimum Gasteiger partial charge on any atom is -0.350 e. The van der Waals surface area contributed by atoms with Gasteiger partial charge >= 0.3 is 0 Å². The summed E-state index contributed by atoms with van der Waals surface area (Å²) in [5.74, 6) is 0.0421. The zero-order valence-electron chi connectivity index (χ0n) is 13.3. The molecule has 0 spiro atoms. The summed E-state index contributed by atoms with van der Waals surface area (Å²) in [6.45, 7) is 2.48. The summed E-state index contributed by atoms with van der Waals surface area (Å²) in [7, 11) is 0. The van der Waals surface area contributed by atoms with Crippen LogP contribution in [0.1, 0.15) is 18.4 Å². The molecule has 1 aromatic rings. The van der Waals surface area contributed by atoms with E-state index in [0.29, 0.717) is 31.9 Å². The molecule has 3 rings (SSSR count). The molecule has 1 aromatic carbocycles. The first-order chi connectivity index (χ1) is 11.6. The van der Waals surface area contributed by atoms with Crippen LogP contribution in [0.4, 0.5) is 5.69 Å². The van der Waals surface area contributed by atoms with Gasteiger partial charge in [0, 0.05) is 31.1 Å². The average Bonchev–Trinajstić information content (AvgIpc) is 3.14. The van der Waals surface area contributed by atoms with E-state index in [4.69, 9.17) is 9.47 Å². The van der Waals surface area contributed by atoms with E-state index in [1.54, 1.807) is 23.1 Å². The van der Waals surface area contributed by atoms with Crippen molar-refractivity contribution in [2.75, 3.05) is 26.3 Å². The first-order valence-corrected chi connectivity index (χ1v) is 8.09. The summed E-state index contributed by atoms with van der Waals surface area (Å²) in [6.07, 6.45) is 4.56. The van der Waals surface area contributed by atoms with Crippen LogP contribution in [0.3, 0.4) is 0 Å². The molecule has 2 saturated heterocycles. The third-order valence-corrected chi connectivity index (χ3v) is 4.34. The summed E-state index contributed by atoms with van der Waals surface area (Å²) in [5.41, 5.74) is 0.415. The summed E-state index contributed by atoms with van der Waals surface area (Å²) in [6, 6.07) is 6.37. The third kappa shape index (κ3) is 3.80. The van der Waals surface area contributed by atoms with E-state index in [-0.39, 0.29) is 23.8 Å². The van der Waals surface area contributed by atoms with Gasteiger partial charge in [-0.15, -0.1) is 0 Å². The van der Waals surface area contributed by atoms with Crippen LogP contribution in [-0.4, -0.2) is 48.3 Å². The van der Waals surface area contributed by atoms with Crippen molar-refractivity contribution in [2.24, 2.45) is 5.92 Å². The monoisotopic (exact) mass is 332 g/mol. The molecule has 2 heterocycles. The number of piperidine rings is 1. The lowest BCUT2D eigenvalue weighted by atomic mass is 9.97. The van der Waals surface area contributed by atoms with Crippen molar-refractivity contribution in [1.82, 2.24) is 4.90 Å². The van der Waals surface area contributed by atoms with E-state index in [9.17, 15) is 14.9 Å². The van der Waals surface area contributed by atoms with Gasteiger partial charge in [0.2, 0.25) is 5.91 Å². The van der Waals surface area contributed by atoms with Crippen molar-refractivity contribution in [3.05, 3.63) is 46.0 Å². The second kappa shape index (κ2) is 7.55. The van der Waals surface area contributed by atoms with Gasteiger partial charge in [-0.3, -0.25) is 14.9 Å². The molecule has 128 valence electrons. The highest BCUT2D eigenvalue weighted by Crippen LogP contribution is 2.25. The molecule has 7 nitrogen and oxygen atoms in total. The minimum absolute atomic E-state index is 0.00849. The molecule has 0 unspecified atom stereocenters. The predicted octanol–water partition coefficient (Wildman–Crippen LogP) is 2.22. The van der Waals surface area contributed by atoms with Gasteiger partial charge in [0.1, 0.15) is 0 Å². The smallest absolute Gasteiger partial charge is 0.276 e. The molecular formula is C17H20N2O5. The number of nitro benzene ring substituents is 1. The normalized spacial score (nSPS) is 22.2. The summed E-state index contributed by atoms with van der Waals surface area (Å²) in [4.78, 5) is 24.7. The number of nitro groups is 1. The lowest BCUT2D eigenvalue weighted by Gasteiger charge is -2.34. The zero-order chi connectivity index (χ0) is 16.9. The molecule has 0 aromatic heterocycles. The average molecular weight is 332 g/mol. The van der Waals surface area contributed by atoms with Crippen molar-refractivity contribution in [3.63, 3.8) is 0 Å². The Morgan fingerprint density at radius 2 is 2.04 bits per heavy atom. The third-order valence-electron chi connectivity index (χ3n) is 4.34. The van der Waals surface area contributed by atoms with E-state index in [0.717, 1.165) is 12.8 Å². The fourth-order valence-electron chi connectivity index (χ4n) is 3.14. The van der Waals surface area contributed by atoms with Gasteiger partial charge in [-0.2, -0.15) is 0 Å². The summed E-state index contributed by atoms with van der Waals surface area (Å²) in [5, 5.41) is 11.0. The van der Waals surface area contributed by atoms with Gasteiger partial charge in [0.15, 0.2) is 6.29 Å². The van der Waals surface area contributed by atoms with E-state index in [2.05, 4.69) is 0 Å². The lowest BCUT2D eigenvalue weighted by molar-refractivity contribution is -0.385. The highest BCUT2D eigenvalue weighted by atomic mass is 16.7. The predicted molar refractivity (Wildman–Crippen MR) is 87.1 cm³/mol. The molecule has 2 aliphatic heterocycles. The molecule has 1 amide bonds. The molecule has 0 N–H and O–H groups in total. The van der Waals surface area contributed by atoms with Crippen molar-refractivity contribution >= 4 is 17.7 Å². The maximum absolute atomic E-state index is 12.4. The molecule has 0 bridgehead atoms. The van der Waals surface area contributed by atoms with E-state index in [1.165, 1.54) is 18.2 Å². The van der Waals surface area contributed by atoms with Crippen LogP contribution >= 0.6 is 0 Å². The fraction of sp³-hybridized carbons (Fsp3) is 0.471. The Morgan fingerprint density at radius 3 is 2.79 bits per heavy atom. The number of hydrogen-bond acceptors (Lipinski definition) is 5. The first-order valence-electron chi connectivity index (χ1n) is 8.09. The molecule has 24 heavy (non-hydrogen) atoms. The number of benzene rings is 1. The van der Waals surface area contributed by atoms with Crippen molar-refractivity contribution in [2.45, 2.75) is 19.1 Å². The quantitative estimate of drug-likeness (QED) is 0.480. The van der Waals surface area contributed by atoms with E-state index in [1.807, 2.05) is 0 Å². The maximum Gasteiger partial charge on any atom is 0.276 e. The van der Waals surface area contributed by atoms with Crippen molar-refractivity contribution < 1.29 is 19.2 Å². The Bertz CT molecular complexity index is 640. The Morgan fingerprint density at radius 1 is 1.29 bits per heavy atom. The van der Waals surface area contributed by atoms with Crippen LogP contribution in [0.25, 0.3) is 6.08 Å². The number of ether oxygens (including phenoxy) is 2. The molecular weight excluding hydrogens is 312 g/mol. The highest BCUT2D eigenvalue weighted by Gasteiger charge is 2.32. The summed E-state index contributed by atoms with van der Waals surface area (Å²) >= 11 is 0. The number of rotatable bonds is 4. The number of para-hydroxylation sites is 1. The summed E-state index contributed by atoms with van der Waals surface area (Å²) < 4.78 is 11.1. The number of likely N-dealkylation sites (tertiary alicyclic amines) is 1. The van der Waals surface area contributed by atoms with Gasteiger partial charge in [-0.1, -0.05) is 12.1 Å². The van der Waals surface area contributed by atoms with Crippen LogP contribution in [0.5, 0.6) is 0 Å². The van der Waals surface area contributed by atoms with Crippen LogP contribution < -0.4 is 0 Å². The Balaban J connectivity index is 1.65. The molecule has 2 aliphatic rings. The molecule has 2 fully saturated rings. The molecule has 7 heteroatoms. The largest absolute Gasteiger partial charge is 0.350 e. The van der Waals surface area contributed by atoms with E-state index < -0.39 is 4.92 Å². The van der Waals surface area contributed by atoms with Gasteiger partial charge < -0.3 is 14.4 Å². The topological polar surface area (TPSA) is 81.9 Å². The highest BCUT2D eigenvalue weighted by molar-refractivity contribution is 5.92. The molecule has 1 atom stereocenters. The number of amides is 1.